The van der Waals surface area contributed by atoms with Gasteiger partial charge in [-0.3, -0.25) is 9.78 Å². The molecule has 6 heteroatoms. The largest absolute Gasteiger partial charge is 0.340 e. The molecule has 0 saturated carbocycles. The van der Waals surface area contributed by atoms with E-state index in [9.17, 15) is 4.79 Å². The highest BCUT2D eigenvalue weighted by Gasteiger charge is 2.16. The molecule has 2 aromatic heterocycles. The van der Waals surface area contributed by atoms with Gasteiger partial charge in [0.05, 0.1) is 12.1 Å². The molecule has 2 N–H and O–H groups in total. The van der Waals surface area contributed by atoms with Gasteiger partial charge in [0.2, 0.25) is 0 Å². The molecule has 0 atom stereocenters. The van der Waals surface area contributed by atoms with Crippen LogP contribution in [0.5, 0.6) is 0 Å². The Morgan fingerprint density at radius 2 is 1.85 bits per heavy atom. The number of thiocarbonyl (C=S) groups is 1. The molecule has 33 heavy (non-hydrogen) atoms. The number of aromatic amines is 1. The maximum Gasteiger partial charge on any atom is 0.253 e. The number of benzene rings is 2. The summed E-state index contributed by atoms with van der Waals surface area (Å²) in [6.45, 7) is 9.12. The molecule has 2 heterocycles. The Balaban J connectivity index is 1.67. The van der Waals surface area contributed by atoms with Gasteiger partial charge in [-0.15, -0.1) is 0 Å². The van der Waals surface area contributed by atoms with Crippen molar-refractivity contribution in [2.45, 2.75) is 40.8 Å². The van der Waals surface area contributed by atoms with Gasteiger partial charge in [-0.2, -0.15) is 0 Å². The normalized spacial score (nSPS) is 10.9. The molecule has 4 rings (SSSR count). The number of anilines is 1. The highest BCUT2D eigenvalue weighted by atomic mass is 32.1. The minimum absolute atomic E-state index is 0.0956. The number of fused-ring (bicyclic) bond motifs is 1. The summed E-state index contributed by atoms with van der Waals surface area (Å²) in [7, 11) is 0. The molecular formula is C27H28N4OS. The second-order valence-corrected chi connectivity index (χ2v) is 8.95. The van der Waals surface area contributed by atoms with E-state index in [2.05, 4.69) is 53.4 Å². The van der Waals surface area contributed by atoms with Crippen molar-refractivity contribution in [2.75, 3.05) is 5.32 Å². The lowest BCUT2D eigenvalue weighted by molar-refractivity contribution is 0.410. The number of aryl methyl sites for hydroxylation is 4. The molecule has 0 aliphatic carbocycles. The molecule has 0 fully saturated rings. The fourth-order valence-electron chi connectivity index (χ4n) is 3.95. The van der Waals surface area contributed by atoms with Crippen LogP contribution in [0, 0.1) is 27.7 Å². The smallest absolute Gasteiger partial charge is 0.253 e. The predicted molar refractivity (Wildman–Crippen MR) is 140 cm³/mol. The molecular weight excluding hydrogens is 428 g/mol. The number of hydrogen-bond donors (Lipinski definition) is 2. The summed E-state index contributed by atoms with van der Waals surface area (Å²) in [6.07, 6.45) is 3.57. The van der Waals surface area contributed by atoms with Crippen molar-refractivity contribution in [3.8, 4) is 0 Å². The first-order valence-electron chi connectivity index (χ1n) is 11.0. The third-order valence-corrected chi connectivity index (χ3v) is 6.36. The zero-order valence-electron chi connectivity index (χ0n) is 19.4. The zero-order chi connectivity index (χ0) is 23.5. The van der Waals surface area contributed by atoms with Crippen LogP contribution in [0.4, 0.5) is 5.69 Å². The van der Waals surface area contributed by atoms with Crippen molar-refractivity contribution in [1.29, 1.82) is 0 Å². The van der Waals surface area contributed by atoms with E-state index in [4.69, 9.17) is 12.2 Å². The Hall–Kier alpha value is -3.51. The van der Waals surface area contributed by atoms with E-state index in [0.717, 1.165) is 38.8 Å². The van der Waals surface area contributed by atoms with E-state index in [1.165, 1.54) is 5.56 Å². The van der Waals surface area contributed by atoms with Gasteiger partial charge in [-0.1, -0.05) is 35.9 Å². The lowest BCUT2D eigenvalue weighted by atomic mass is 10.0. The maximum atomic E-state index is 13.0. The van der Waals surface area contributed by atoms with E-state index in [1.54, 1.807) is 6.20 Å². The molecule has 5 nitrogen and oxygen atoms in total. The summed E-state index contributed by atoms with van der Waals surface area (Å²) in [5.41, 5.74) is 8.00. The Bertz CT molecular complexity index is 1380. The minimum atomic E-state index is -0.0956. The van der Waals surface area contributed by atoms with Crippen molar-refractivity contribution in [3.63, 3.8) is 0 Å². The van der Waals surface area contributed by atoms with Gasteiger partial charge in [0.25, 0.3) is 5.56 Å². The van der Waals surface area contributed by atoms with Crippen molar-refractivity contribution in [2.24, 2.45) is 0 Å². The Morgan fingerprint density at radius 1 is 1.03 bits per heavy atom. The third kappa shape index (κ3) is 5.12. The Kier molecular flexibility index (Phi) is 6.56. The van der Waals surface area contributed by atoms with Gasteiger partial charge in [0.15, 0.2) is 5.11 Å². The predicted octanol–water partition coefficient (Wildman–Crippen LogP) is 5.56. The highest BCUT2D eigenvalue weighted by molar-refractivity contribution is 7.80. The second-order valence-electron chi connectivity index (χ2n) is 8.56. The Labute approximate surface area is 199 Å². The summed E-state index contributed by atoms with van der Waals surface area (Å²) in [4.78, 5) is 22.3. The molecule has 0 unspecified atom stereocenters. The molecule has 2 aromatic carbocycles. The van der Waals surface area contributed by atoms with E-state index in [-0.39, 0.29) is 5.56 Å². The van der Waals surface area contributed by atoms with Crippen molar-refractivity contribution in [1.82, 2.24) is 14.9 Å². The maximum absolute atomic E-state index is 13.0. The van der Waals surface area contributed by atoms with E-state index < -0.39 is 0 Å². The van der Waals surface area contributed by atoms with Crippen LogP contribution in [-0.4, -0.2) is 20.0 Å². The number of H-pyrrole nitrogens is 1. The molecule has 0 bridgehead atoms. The molecule has 0 aliphatic heterocycles. The summed E-state index contributed by atoms with van der Waals surface area (Å²) in [5.74, 6) is 0. The van der Waals surface area contributed by atoms with Crippen LogP contribution in [0.15, 0.2) is 65.7 Å². The SMILES string of the molecule is Cc1ccc(NC(=S)N(Cc2cccnc2)Cc2cc3ccc(C)c(C)c3[nH]c2=O)c(C)c1. The molecule has 4 aromatic rings. The van der Waals surface area contributed by atoms with Gasteiger partial charge < -0.3 is 15.2 Å². The van der Waals surface area contributed by atoms with Crippen LogP contribution in [0.1, 0.15) is 33.4 Å². The fourth-order valence-corrected chi connectivity index (χ4v) is 4.19. The quantitative estimate of drug-likeness (QED) is 0.385. The van der Waals surface area contributed by atoms with Crippen LogP contribution in [0.2, 0.25) is 0 Å². The molecule has 0 saturated heterocycles. The van der Waals surface area contributed by atoms with Crippen molar-refractivity contribution in [3.05, 3.63) is 105 Å². The average molecular weight is 457 g/mol. The average Bonchev–Trinajstić information content (AvgIpc) is 2.79. The number of aromatic nitrogens is 2. The minimum Gasteiger partial charge on any atom is -0.340 e. The number of hydrogen-bond acceptors (Lipinski definition) is 3. The monoisotopic (exact) mass is 456 g/mol. The van der Waals surface area contributed by atoms with E-state index in [0.29, 0.717) is 23.8 Å². The Morgan fingerprint density at radius 3 is 2.58 bits per heavy atom. The second kappa shape index (κ2) is 9.55. The first-order chi connectivity index (χ1) is 15.8. The lowest BCUT2D eigenvalue weighted by Crippen LogP contribution is -2.35. The van der Waals surface area contributed by atoms with Crippen molar-refractivity contribution < 1.29 is 0 Å². The molecule has 0 amide bonds. The number of rotatable bonds is 5. The van der Waals surface area contributed by atoms with Gasteiger partial charge in [-0.05, 0) is 85.8 Å². The van der Waals surface area contributed by atoms with Gasteiger partial charge in [-0.25, -0.2) is 0 Å². The van der Waals surface area contributed by atoms with Gasteiger partial charge in [0, 0.05) is 30.2 Å². The molecule has 0 radical (unpaired) electrons. The summed E-state index contributed by atoms with van der Waals surface area (Å²) >= 11 is 5.81. The fraction of sp³-hybridized carbons (Fsp3) is 0.222. The van der Waals surface area contributed by atoms with E-state index >= 15 is 0 Å². The standard InChI is InChI=1S/C27H28N4OS/c1-17-7-10-24(19(3)12-17)29-27(33)31(15-21-6-5-11-28-14-21)16-23-13-22-9-8-18(2)20(4)25(22)30-26(23)32/h5-14H,15-16H2,1-4H3,(H,29,33)(H,30,32). The number of nitrogens with one attached hydrogen (secondary N) is 2. The van der Waals surface area contributed by atoms with Crippen LogP contribution >= 0.6 is 12.2 Å². The van der Waals surface area contributed by atoms with Crippen LogP contribution < -0.4 is 10.9 Å². The van der Waals surface area contributed by atoms with Crippen LogP contribution in [-0.2, 0) is 13.1 Å². The highest BCUT2D eigenvalue weighted by Crippen LogP contribution is 2.21. The first-order valence-corrected chi connectivity index (χ1v) is 11.4. The van der Waals surface area contributed by atoms with Gasteiger partial charge >= 0.3 is 0 Å². The number of nitrogens with zero attached hydrogens (tertiary/aromatic N) is 2. The lowest BCUT2D eigenvalue weighted by Gasteiger charge is -2.26. The molecule has 0 spiro atoms. The first kappa shape index (κ1) is 22.7. The summed E-state index contributed by atoms with van der Waals surface area (Å²) < 4.78 is 0. The van der Waals surface area contributed by atoms with Crippen molar-refractivity contribution >= 4 is 33.9 Å². The molecule has 168 valence electrons. The van der Waals surface area contributed by atoms with Crippen LogP contribution in [0.25, 0.3) is 10.9 Å². The topological polar surface area (TPSA) is 61.0 Å². The zero-order valence-corrected chi connectivity index (χ0v) is 20.2. The number of pyridine rings is 2. The third-order valence-electron chi connectivity index (χ3n) is 6.00. The molecule has 0 aliphatic rings. The van der Waals surface area contributed by atoms with Gasteiger partial charge in [0.1, 0.15) is 0 Å². The van der Waals surface area contributed by atoms with E-state index in [1.807, 2.05) is 49.2 Å². The van der Waals surface area contributed by atoms with Crippen LogP contribution in [0.3, 0.4) is 0 Å². The summed E-state index contributed by atoms with van der Waals surface area (Å²) in [6, 6.07) is 16.2. The summed E-state index contributed by atoms with van der Waals surface area (Å²) in [5, 5.41) is 4.95.